The van der Waals surface area contributed by atoms with E-state index in [0.717, 1.165) is 4.90 Å². The van der Waals surface area contributed by atoms with Crippen LogP contribution in [0.3, 0.4) is 0 Å². The molecule has 5 amide bonds. The Morgan fingerprint density at radius 1 is 1.03 bits per heavy atom. The molecule has 1 aromatic carbocycles. The van der Waals surface area contributed by atoms with Crippen molar-refractivity contribution in [2.75, 3.05) is 19.7 Å². The number of hydrogen-bond acceptors (Lipinski definition) is 7. The minimum atomic E-state index is -1.05. The number of amides is 5. The van der Waals surface area contributed by atoms with Gasteiger partial charge in [-0.05, 0) is 24.3 Å². The number of fused-ring (bicyclic) bond motifs is 1. The second-order valence-electron chi connectivity index (χ2n) is 6.45. The van der Waals surface area contributed by atoms with Crippen LogP contribution < -0.4 is 14.8 Å². The summed E-state index contributed by atoms with van der Waals surface area (Å²) in [7, 11) is 0. The molecule has 2 aliphatic heterocycles. The lowest BCUT2D eigenvalue weighted by molar-refractivity contribution is -0.144. The van der Waals surface area contributed by atoms with Gasteiger partial charge in [0.05, 0.1) is 19.4 Å². The SMILES string of the molecule is O=C(CN1C(=O)C(=O)N(Cc2ccco2)C1=O)NC[C@H]1COc2ccccc2O1. The Labute approximate surface area is 164 Å². The minimum absolute atomic E-state index is 0.118. The number of benzene rings is 1. The Morgan fingerprint density at radius 2 is 1.79 bits per heavy atom. The van der Waals surface area contributed by atoms with Crippen LogP contribution in [0.25, 0.3) is 0 Å². The number of ether oxygens (including phenoxy) is 2. The molecule has 0 saturated carbocycles. The van der Waals surface area contributed by atoms with Gasteiger partial charge in [-0.3, -0.25) is 14.4 Å². The third-order valence-corrected chi connectivity index (χ3v) is 4.43. The largest absolute Gasteiger partial charge is 0.486 e. The van der Waals surface area contributed by atoms with Crippen LogP contribution in [0, 0.1) is 0 Å². The van der Waals surface area contributed by atoms with E-state index in [2.05, 4.69) is 5.32 Å². The standard InChI is InChI=1S/C19H17N3O7/c23-16(20-8-13-11-28-14-5-1-2-6-15(14)29-13)10-22-18(25)17(24)21(19(22)26)9-12-4-3-7-27-12/h1-7,13H,8-11H2,(H,20,23)/t13-/m0/s1. The van der Waals surface area contributed by atoms with Gasteiger partial charge in [-0.25, -0.2) is 14.6 Å². The second kappa shape index (κ2) is 7.66. The van der Waals surface area contributed by atoms with Crippen molar-refractivity contribution >= 4 is 23.8 Å². The summed E-state index contributed by atoms with van der Waals surface area (Å²) in [6.07, 6.45) is 0.971. The number of urea groups is 1. The highest BCUT2D eigenvalue weighted by molar-refractivity contribution is 6.44. The molecule has 1 aromatic heterocycles. The molecule has 1 N–H and O–H groups in total. The summed E-state index contributed by atoms with van der Waals surface area (Å²) in [6, 6.07) is 9.47. The average Bonchev–Trinajstić information content (AvgIpc) is 3.31. The van der Waals surface area contributed by atoms with Crippen molar-refractivity contribution < 1.29 is 33.1 Å². The summed E-state index contributed by atoms with van der Waals surface area (Å²) in [5.74, 6) is -1.11. The van der Waals surface area contributed by atoms with Crippen LogP contribution in [0.1, 0.15) is 5.76 Å². The number of hydrogen-bond donors (Lipinski definition) is 1. The van der Waals surface area contributed by atoms with Crippen molar-refractivity contribution in [3.63, 3.8) is 0 Å². The molecular formula is C19H17N3O7. The Kier molecular flexibility index (Phi) is 4.90. The molecule has 0 radical (unpaired) electrons. The van der Waals surface area contributed by atoms with Gasteiger partial charge in [0.2, 0.25) is 5.91 Å². The van der Waals surface area contributed by atoms with E-state index in [9.17, 15) is 19.2 Å². The number of carbonyl (C=O) groups excluding carboxylic acids is 4. The summed E-state index contributed by atoms with van der Waals surface area (Å²) in [6.45, 7) is -0.384. The van der Waals surface area contributed by atoms with Crippen LogP contribution in [0.15, 0.2) is 47.1 Å². The van der Waals surface area contributed by atoms with E-state index in [4.69, 9.17) is 13.9 Å². The van der Waals surface area contributed by atoms with Gasteiger partial charge in [0.25, 0.3) is 0 Å². The monoisotopic (exact) mass is 399 g/mol. The molecule has 10 nitrogen and oxygen atoms in total. The van der Waals surface area contributed by atoms with Gasteiger partial charge < -0.3 is 19.2 Å². The van der Waals surface area contributed by atoms with E-state index in [1.807, 2.05) is 6.07 Å². The number of nitrogens with one attached hydrogen (secondary N) is 1. The zero-order valence-corrected chi connectivity index (χ0v) is 15.2. The fourth-order valence-corrected chi connectivity index (χ4v) is 2.98. The maximum absolute atomic E-state index is 12.4. The van der Waals surface area contributed by atoms with E-state index in [1.165, 1.54) is 6.26 Å². The third kappa shape index (κ3) is 3.77. The molecule has 1 fully saturated rings. The molecule has 0 spiro atoms. The fourth-order valence-electron chi connectivity index (χ4n) is 2.98. The van der Waals surface area contributed by atoms with Gasteiger partial charge in [-0.15, -0.1) is 0 Å². The van der Waals surface area contributed by atoms with E-state index in [-0.39, 0.29) is 19.7 Å². The molecule has 0 unspecified atom stereocenters. The molecule has 0 aliphatic carbocycles. The van der Waals surface area contributed by atoms with Gasteiger partial charge in [0, 0.05) is 0 Å². The van der Waals surface area contributed by atoms with Crippen LogP contribution in [-0.2, 0) is 20.9 Å². The molecule has 2 aliphatic rings. The minimum Gasteiger partial charge on any atom is -0.486 e. The predicted octanol–water partition coefficient (Wildman–Crippen LogP) is 0.527. The topological polar surface area (TPSA) is 118 Å². The second-order valence-corrected chi connectivity index (χ2v) is 6.45. The molecule has 2 aromatic rings. The van der Waals surface area contributed by atoms with E-state index in [1.54, 1.807) is 30.3 Å². The number of furan rings is 1. The first-order valence-electron chi connectivity index (χ1n) is 8.88. The van der Waals surface area contributed by atoms with Crippen molar-refractivity contribution in [3.05, 3.63) is 48.4 Å². The quantitative estimate of drug-likeness (QED) is 0.556. The van der Waals surface area contributed by atoms with E-state index >= 15 is 0 Å². The van der Waals surface area contributed by atoms with Gasteiger partial charge in [-0.1, -0.05) is 12.1 Å². The van der Waals surface area contributed by atoms with E-state index in [0.29, 0.717) is 22.2 Å². The summed E-state index contributed by atoms with van der Waals surface area (Å²) in [5, 5.41) is 2.59. The van der Waals surface area contributed by atoms with E-state index < -0.39 is 36.4 Å². The fraction of sp³-hybridized carbons (Fsp3) is 0.263. The molecule has 150 valence electrons. The van der Waals surface area contributed by atoms with Gasteiger partial charge in [-0.2, -0.15) is 0 Å². The highest BCUT2D eigenvalue weighted by atomic mass is 16.6. The summed E-state index contributed by atoms with van der Waals surface area (Å²) < 4.78 is 16.4. The van der Waals surface area contributed by atoms with Crippen molar-refractivity contribution in [2.45, 2.75) is 12.6 Å². The zero-order chi connectivity index (χ0) is 20.4. The molecular weight excluding hydrogens is 382 g/mol. The zero-order valence-electron chi connectivity index (χ0n) is 15.2. The smallest absolute Gasteiger partial charge is 0.335 e. The van der Waals surface area contributed by atoms with Crippen LogP contribution >= 0.6 is 0 Å². The summed E-state index contributed by atoms with van der Waals surface area (Å²) in [4.78, 5) is 50.1. The lowest BCUT2D eigenvalue weighted by Crippen LogP contribution is -2.45. The van der Waals surface area contributed by atoms with Crippen LogP contribution in [0.4, 0.5) is 4.79 Å². The molecule has 3 heterocycles. The van der Waals surface area contributed by atoms with Crippen molar-refractivity contribution in [3.8, 4) is 11.5 Å². The van der Waals surface area contributed by atoms with Crippen LogP contribution in [0.2, 0.25) is 0 Å². The Morgan fingerprint density at radius 3 is 2.55 bits per heavy atom. The van der Waals surface area contributed by atoms with Crippen molar-refractivity contribution in [1.29, 1.82) is 0 Å². The summed E-state index contributed by atoms with van der Waals surface area (Å²) >= 11 is 0. The Bertz CT molecular complexity index is 956. The first-order chi connectivity index (χ1) is 14.0. The highest BCUT2D eigenvalue weighted by Crippen LogP contribution is 2.30. The Balaban J connectivity index is 1.31. The summed E-state index contributed by atoms with van der Waals surface area (Å²) in [5.41, 5.74) is 0. The molecule has 4 rings (SSSR count). The highest BCUT2D eigenvalue weighted by Gasteiger charge is 2.45. The van der Waals surface area contributed by atoms with Crippen LogP contribution in [0.5, 0.6) is 11.5 Å². The first kappa shape index (κ1) is 18.5. The van der Waals surface area contributed by atoms with Crippen molar-refractivity contribution in [2.24, 2.45) is 0 Å². The molecule has 1 atom stereocenters. The molecule has 29 heavy (non-hydrogen) atoms. The maximum Gasteiger partial charge on any atom is 0.335 e. The molecule has 1 saturated heterocycles. The van der Waals surface area contributed by atoms with Crippen LogP contribution in [-0.4, -0.2) is 59.4 Å². The first-order valence-corrected chi connectivity index (χ1v) is 8.88. The van der Waals surface area contributed by atoms with Gasteiger partial charge >= 0.3 is 17.8 Å². The third-order valence-electron chi connectivity index (χ3n) is 4.43. The van der Waals surface area contributed by atoms with Crippen molar-refractivity contribution in [1.82, 2.24) is 15.1 Å². The molecule has 0 bridgehead atoms. The Hall–Kier alpha value is -3.82. The molecule has 10 heteroatoms. The number of carbonyl (C=O) groups is 4. The van der Waals surface area contributed by atoms with Gasteiger partial charge in [0.15, 0.2) is 11.5 Å². The number of nitrogens with zero attached hydrogens (tertiary/aromatic N) is 2. The average molecular weight is 399 g/mol. The predicted molar refractivity (Wildman–Crippen MR) is 95.7 cm³/mol. The van der Waals surface area contributed by atoms with Gasteiger partial charge in [0.1, 0.15) is 25.0 Å². The number of imide groups is 2. The lowest BCUT2D eigenvalue weighted by atomic mass is 10.2. The number of rotatable bonds is 6. The number of para-hydroxylation sites is 2. The maximum atomic E-state index is 12.4. The lowest BCUT2D eigenvalue weighted by Gasteiger charge is -2.26. The normalized spacial score (nSPS) is 18.3.